The van der Waals surface area contributed by atoms with Gasteiger partial charge in [0.2, 0.25) is 0 Å². The Morgan fingerprint density at radius 2 is 2.46 bits per heavy atom. The molecule has 0 aromatic carbocycles. The number of hydrogen-bond donors (Lipinski definition) is 1. The third kappa shape index (κ3) is 3.77. The van der Waals surface area contributed by atoms with Crippen molar-refractivity contribution in [3.63, 3.8) is 0 Å². The van der Waals surface area contributed by atoms with Gasteiger partial charge in [-0.1, -0.05) is 11.6 Å². The average molecular weight is 215 g/mol. The minimum Gasteiger partial charge on any atom is -0.311 e. The largest absolute Gasteiger partial charge is 0.311 e. The molecule has 2 nitrogen and oxygen atoms in total. The van der Waals surface area contributed by atoms with E-state index in [1.54, 1.807) is 11.3 Å². The van der Waals surface area contributed by atoms with Crippen LogP contribution in [0, 0.1) is 17.2 Å². The van der Waals surface area contributed by atoms with Crippen LogP contribution in [-0.4, -0.2) is 6.54 Å². The van der Waals surface area contributed by atoms with Gasteiger partial charge >= 0.3 is 0 Å². The molecule has 1 N–H and O–H groups in total. The molecule has 0 saturated carbocycles. The van der Waals surface area contributed by atoms with E-state index in [4.69, 9.17) is 16.9 Å². The van der Waals surface area contributed by atoms with E-state index < -0.39 is 0 Å². The van der Waals surface area contributed by atoms with Crippen LogP contribution in [-0.2, 0) is 6.54 Å². The van der Waals surface area contributed by atoms with Crippen LogP contribution in [0.5, 0.6) is 0 Å². The minimum atomic E-state index is 0.0652. The molecule has 0 aliphatic heterocycles. The molecule has 1 aromatic heterocycles. The van der Waals surface area contributed by atoms with Gasteiger partial charge in [0.1, 0.15) is 0 Å². The molecule has 0 radical (unpaired) electrons. The molecule has 0 spiro atoms. The second-order valence-corrected chi connectivity index (χ2v) is 4.67. The number of rotatable bonds is 4. The van der Waals surface area contributed by atoms with E-state index in [0.29, 0.717) is 0 Å². The summed E-state index contributed by atoms with van der Waals surface area (Å²) < 4.78 is 0.810. The topological polar surface area (TPSA) is 35.8 Å². The molecule has 4 heteroatoms. The van der Waals surface area contributed by atoms with Gasteiger partial charge in [-0.2, -0.15) is 5.26 Å². The van der Waals surface area contributed by atoms with Crippen molar-refractivity contribution >= 4 is 22.9 Å². The van der Waals surface area contributed by atoms with Gasteiger partial charge in [0, 0.05) is 18.0 Å². The van der Waals surface area contributed by atoms with Gasteiger partial charge in [-0.15, -0.1) is 11.3 Å². The highest BCUT2D eigenvalue weighted by Crippen LogP contribution is 2.20. The SMILES string of the molecule is CC(C#N)CNCc1ccc(Cl)s1. The maximum atomic E-state index is 8.53. The maximum absolute atomic E-state index is 8.53. The Labute approximate surface area is 87.1 Å². The summed E-state index contributed by atoms with van der Waals surface area (Å²) in [5.41, 5.74) is 0. The summed E-state index contributed by atoms with van der Waals surface area (Å²) in [6.07, 6.45) is 0. The van der Waals surface area contributed by atoms with E-state index in [0.717, 1.165) is 17.4 Å². The standard InChI is InChI=1S/C9H11ClN2S/c1-7(4-11)5-12-6-8-2-3-9(10)13-8/h2-3,7,12H,5-6H2,1H3. The summed E-state index contributed by atoms with van der Waals surface area (Å²) in [5.74, 6) is 0.0652. The fourth-order valence-corrected chi connectivity index (χ4v) is 1.96. The molecule has 0 aliphatic rings. The quantitative estimate of drug-likeness (QED) is 0.837. The molecule has 0 amide bonds. The fraction of sp³-hybridized carbons (Fsp3) is 0.444. The summed E-state index contributed by atoms with van der Waals surface area (Å²) in [4.78, 5) is 1.20. The number of thiophene rings is 1. The Kier molecular flexibility index (Phi) is 4.23. The molecular weight excluding hydrogens is 204 g/mol. The molecule has 0 saturated heterocycles. The Balaban J connectivity index is 2.25. The zero-order valence-corrected chi connectivity index (χ0v) is 8.95. The first-order chi connectivity index (χ1) is 6.22. The molecule has 13 heavy (non-hydrogen) atoms. The highest BCUT2D eigenvalue weighted by molar-refractivity contribution is 7.16. The lowest BCUT2D eigenvalue weighted by Crippen LogP contribution is -2.19. The molecule has 0 fully saturated rings. The van der Waals surface area contributed by atoms with Gasteiger partial charge in [0.25, 0.3) is 0 Å². The maximum Gasteiger partial charge on any atom is 0.0931 e. The van der Waals surface area contributed by atoms with Crippen molar-refractivity contribution < 1.29 is 0 Å². The summed E-state index contributed by atoms with van der Waals surface area (Å²) in [5, 5.41) is 11.7. The summed E-state index contributed by atoms with van der Waals surface area (Å²) in [6, 6.07) is 6.05. The van der Waals surface area contributed by atoms with E-state index >= 15 is 0 Å². The molecule has 70 valence electrons. The molecule has 1 heterocycles. The van der Waals surface area contributed by atoms with E-state index in [9.17, 15) is 0 Å². The monoisotopic (exact) mass is 214 g/mol. The lowest BCUT2D eigenvalue weighted by atomic mass is 10.2. The highest BCUT2D eigenvalue weighted by Gasteiger charge is 2.00. The molecule has 0 aliphatic carbocycles. The lowest BCUT2D eigenvalue weighted by molar-refractivity contribution is 0.605. The number of halogens is 1. The lowest BCUT2D eigenvalue weighted by Gasteiger charge is -2.03. The molecule has 1 atom stereocenters. The van der Waals surface area contributed by atoms with Crippen molar-refractivity contribution in [2.45, 2.75) is 13.5 Å². The van der Waals surface area contributed by atoms with Gasteiger partial charge in [-0.3, -0.25) is 0 Å². The van der Waals surface area contributed by atoms with Gasteiger partial charge in [0.15, 0.2) is 0 Å². The normalized spacial score (nSPS) is 12.4. The van der Waals surface area contributed by atoms with Crippen molar-refractivity contribution in [1.29, 1.82) is 5.26 Å². The van der Waals surface area contributed by atoms with Crippen molar-refractivity contribution in [2.24, 2.45) is 5.92 Å². The number of hydrogen-bond acceptors (Lipinski definition) is 3. The first kappa shape index (κ1) is 10.5. The van der Waals surface area contributed by atoms with Crippen molar-refractivity contribution in [3.05, 3.63) is 21.3 Å². The van der Waals surface area contributed by atoms with Crippen LogP contribution in [0.3, 0.4) is 0 Å². The van der Waals surface area contributed by atoms with Crippen LogP contribution in [0.15, 0.2) is 12.1 Å². The molecule has 0 bridgehead atoms. The molecule has 1 rings (SSSR count). The predicted molar refractivity (Wildman–Crippen MR) is 55.8 cm³/mol. The predicted octanol–water partition coefficient (Wildman–Crippen LogP) is 2.65. The van der Waals surface area contributed by atoms with Crippen LogP contribution >= 0.6 is 22.9 Å². The zero-order chi connectivity index (χ0) is 9.68. The van der Waals surface area contributed by atoms with Crippen LogP contribution < -0.4 is 5.32 Å². The van der Waals surface area contributed by atoms with Crippen molar-refractivity contribution in [3.8, 4) is 6.07 Å². The van der Waals surface area contributed by atoms with Crippen molar-refractivity contribution in [2.75, 3.05) is 6.54 Å². The highest BCUT2D eigenvalue weighted by atomic mass is 35.5. The van der Waals surface area contributed by atoms with E-state index in [1.807, 2.05) is 19.1 Å². The molecule has 1 aromatic rings. The third-order valence-electron chi connectivity index (χ3n) is 1.60. The number of nitrogens with zero attached hydrogens (tertiary/aromatic N) is 1. The van der Waals surface area contributed by atoms with Crippen molar-refractivity contribution in [1.82, 2.24) is 5.32 Å². The van der Waals surface area contributed by atoms with E-state index in [2.05, 4.69) is 11.4 Å². The van der Waals surface area contributed by atoms with E-state index in [-0.39, 0.29) is 5.92 Å². The summed E-state index contributed by atoms with van der Waals surface area (Å²) in [6.45, 7) is 3.42. The number of nitriles is 1. The summed E-state index contributed by atoms with van der Waals surface area (Å²) in [7, 11) is 0. The Morgan fingerprint density at radius 1 is 1.69 bits per heavy atom. The third-order valence-corrected chi connectivity index (χ3v) is 2.83. The average Bonchev–Trinajstić information content (AvgIpc) is 2.51. The first-order valence-electron chi connectivity index (χ1n) is 4.07. The zero-order valence-electron chi connectivity index (χ0n) is 7.38. The first-order valence-corrected chi connectivity index (χ1v) is 5.26. The summed E-state index contributed by atoms with van der Waals surface area (Å²) >= 11 is 7.33. The second-order valence-electron chi connectivity index (χ2n) is 2.87. The van der Waals surface area contributed by atoms with Crippen LogP contribution in [0.4, 0.5) is 0 Å². The van der Waals surface area contributed by atoms with E-state index in [1.165, 1.54) is 4.88 Å². The van der Waals surface area contributed by atoms with Gasteiger partial charge in [-0.05, 0) is 19.1 Å². The minimum absolute atomic E-state index is 0.0652. The smallest absolute Gasteiger partial charge is 0.0931 e. The molecular formula is C9H11ClN2S. The van der Waals surface area contributed by atoms with Gasteiger partial charge in [0.05, 0.1) is 16.3 Å². The van der Waals surface area contributed by atoms with Gasteiger partial charge in [-0.25, -0.2) is 0 Å². The number of nitrogens with one attached hydrogen (secondary N) is 1. The Hall–Kier alpha value is -0.560. The Bertz CT molecular complexity index is 303. The second kappa shape index (κ2) is 5.23. The Morgan fingerprint density at radius 3 is 3.00 bits per heavy atom. The fourth-order valence-electron chi connectivity index (χ4n) is 0.904. The van der Waals surface area contributed by atoms with Crippen LogP contribution in [0.25, 0.3) is 0 Å². The molecule has 1 unspecified atom stereocenters. The van der Waals surface area contributed by atoms with Gasteiger partial charge < -0.3 is 5.32 Å². The van der Waals surface area contributed by atoms with Crippen LogP contribution in [0.1, 0.15) is 11.8 Å². The van der Waals surface area contributed by atoms with Crippen LogP contribution in [0.2, 0.25) is 4.34 Å².